The van der Waals surface area contributed by atoms with E-state index in [2.05, 4.69) is 208 Å². The summed E-state index contributed by atoms with van der Waals surface area (Å²) < 4.78 is 0. The van der Waals surface area contributed by atoms with Gasteiger partial charge in [-0.25, -0.2) is 9.59 Å². The topological polar surface area (TPSA) is 171 Å². The van der Waals surface area contributed by atoms with Crippen molar-refractivity contribution >= 4 is 92.0 Å². The summed E-state index contributed by atoms with van der Waals surface area (Å²) in [6.45, 7) is 9.22. The number of carboxylic acids is 2. The van der Waals surface area contributed by atoms with Gasteiger partial charge in [-0.1, -0.05) is 228 Å². The van der Waals surface area contributed by atoms with E-state index in [0.29, 0.717) is 11.4 Å². The van der Waals surface area contributed by atoms with Gasteiger partial charge in [0.2, 0.25) is 0 Å². The van der Waals surface area contributed by atoms with Gasteiger partial charge in [0.05, 0.1) is 33.9 Å². The predicted octanol–water partition coefficient (Wildman–Crippen LogP) is 28.3. The van der Waals surface area contributed by atoms with Crippen LogP contribution in [-0.4, -0.2) is 52.4 Å². The molecule has 0 spiro atoms. The minimum Gasteiger partial charge on any atom is -0.753 e. The van der Waals surface area contributed by atoms with E-state index in [9.17, 15) is 9.59 Å². The van der Waals surface area contributed by atoms with E-state index in [1.165, 1.54) is 318 Å². The molecule has 0 unspecified atom stereocenters. The normalized spacial score (nSPS) is 11.6. The number of aromatic carboxylic acids is 2. The molecule has 0 aliphatic heterocycles. The summed E-state index contributed by atoms with van der Waals surface area (Å²) in [6, 6.07) is 62.8. The minimum absolute atomic E-state index is 0. The Bertz CT molecular complexity index is 4690. The number of aromatic nitrogens is 4. The number of thiophene rings is 4. The van der Waals surface area contributed by atoms with E-state index >= 15 is 0 Å². The number of unbranched alkanes of at least 4 members (excludes halogenated alkanes) is 16. The Kier molecular flexibility index (Phi) is 33.2. The fourth-order valence-corrected chi connectivity index (χ4v) is 19.5. The van der Waals surface area contributed by atoms with E-state index < -0.39 is 11.9 Å². The van der Waals surface area contributed by atoms with Crippen molar-refractivity contribution in [2.45, 2.75) is 194 Å². The van der Waals surface area contributed by atoms with Crippen LogP contribution in [0.25, 0.3) is 96.2 Å². The van der Waals surface area contributed by atoms with Gasteiger partial charge in [0.1, 0.15) is 0 Å². The predicted molar refractivity (Wildman–Crippen MR) is 470 cm³/mol. The molecule has 0 radical (unpaired) electrons. The molecule has 0 saturated carbocycles. The number of isothiocyanates is 2. The van der Waals surface area contributed by atoms with Gasteiger partial charge in [0.25, 0.3) is 0 Å². The zero-order chi connectivity index (χ0) is 77.1. The first kappa shape index (κ1) is 84.9. The average Bonchev–Trinajstić information content (AvgIpc) is 1.59. The summed E-state index contributed by atoms with van der Waals surface area (Å²) in [5, 5.41) is 34.6. The van der Waals surface area contributed by atoms with Gasteiger partial charge in [0.15, 0.2) is 0 Å². The van der Waals surface area contributed by atoms with Crippen LogP contribution in [0.5, 0.6) is 0 Å². The number of rotatable bonds is 34. The summed E-state index contributed by atoms with van der Waals surface area (Å²) in [4.78, 5) is 50.0. The molecule has 0 amide bonds. The average molecular weight is 1670 g/mol. The monoisotopic (exact) mass is 1670 g/mol. The van der Waals surface area contributed by atoms with Gasteiger partial charge in [-0.15, -0.1) is 45.3 Å². The molecule has 8 heterocycles. The number of aryl methyl sites for hydroxylation is 4. The minimum atomic E-state index is -1.08. The molecule has 0 atom stereocenters. The van der Waals surface area contributed by atoms with E-state index in [1.54, 1.807) is 0 Å². The fraction of sp³-hybridized carbons (Fsp3) is 0.319. The third kappa shape index (κ3) is 22.4. The Morgan fingerprint density at radius 1 is 0.342 bits per heavy atom. The van der Waals surface area contributed by atoms with E-state index in [0.717, 1.165) is 11.4 Å². The first-order chi connectivity index (χ1) is 53.9. The third-order valence-corrected chi connectivity index (χ3v) is 25.7. The Labute approximate surface area is 695 Å². The number of benzene rings is 4. The van der Waals surface area contributed by atoms with E-state index in [4.69, 9.17) is 31.0 Å². The molecule has 17 heteroatoms. The molecule has 0 bridgehead atoms. The van der Waals surface area contributed by atoms with Crippen molar-refractivity contribution in [2.24, 2.45) is 0 Å². The molecule has 0 fully saturated rings. The Morgan fingerprint density at radius 3 is 0.901 bits per heavy atom. The van der Waals surface area contributed by atoms with Crippen LogP contribution in [0, 0.1) is 0 Å². The van der Waals surface area contributed by atoms with Crippen LogP contribution in [0.2, 0.25) is 0 Å². The van der Waals surface area contributed by atoms with Crippen molar-refractivity contribution in [1.29, 1.82) is 0 Å². The Hall–Kier alpha value is -8.56. The van der Waals surface area contributed by atoms with Crippen LogP contribution in [-0.2, 0) is 45.2 Å². The molecule has 8 aromatic heterocycles. The van der Waals surface area contributed by atoms with Gasteiger partial charge in [-0.3, -0.25) is 19.9 Å². The smallest absolute Gasteiger partial charge is 0.753 e. The summed E-state index contributed by atoms with van der Waals surface area (Å²) in [5.41, 5.74) is 22.6. The number of fused-ring (bicyclic) bond motifs is 6. The SMILES string of the molecule is CCCCCCCc1ccc2c(c1)-c1cc(CCCCCCC)ccc1C2c1ccc(-c2ccc(-c3ccnc(-c4cc(-c5ccc(-c6ccc(C7c8ccc(CCCCCCC)cc8-c8cc(CCCCCCC)ccc87)s6)s5)ccn4)c3)s2)s1.O=C(O)c1ccnc(-c2cc(C(=O)O)ccn2)c1.[N-]=C=S.[N-]=C=S.[Ru+2]. The number of nitrogens with zero attached hydrogens (tertiary/aromatic N) is 6. The summed E-state index contributed by atoms with van der Waals surface area (Å²) in [7, 11) is 0. The summed E-state index contributed by atoms with van der Waals surface area (Å²) >= 11 is 15.1. The quantitative estimate of drug-likeness (QED) is 0.0171. The van der Waals surface area contributed by atoms with Crippen molar-refractivity contribution in [1.82, 2.24) is 19.9 Å². The number of hydrogen-bond donors (Lipinski definition) is 2. The van der Waals surface area contributed by atoms with E-state index in [-0.39, 0.29) is 42.4 Å². The van der Waals surface area contributed by atoms with Gasteiger partial charge in [-0.05, 0) is 226 Å². The molecule has 111 heavy (non-hydrogen) atoms. The van der Waals surface area contributed by atoms with Gasteiger partial charge >= 0.3 is 31.4 Å². The van der Waals surface area contributed by atoms with Gasteiger partial charge < -0.3 is 21.0 Å². The standard InChI is InChI=1S/C80H88N2S4.C12H8N2O4.2CNS.Ru/c1-5-9-13-17-21-25-55-29-33-61-65(49-55)66-50-56(26-22-18-14-10-6-2)30-34-62(66)79(61)77-43-41-75(85-77)73-39-37-71(83-73)59-45-47-81-69(53-59)70-54-60(46-48-82-70)72-38-40-74(84-72)76-42-44-78(86-76)80-63-35-31-57(27-23-19-15-11-7-3)51-67(63)68-52-58(32-36-64(68)80)28-24-20-16-12-8-4;15-11(16)7-1-3-13-9(5-7)10-6-8(12(17)18)2-4-14-10;2*2-1-3;/h29-54,79-80H,5-28H2,1-4H3;1-6H,(H,15,16)(H,17,18);;;/q;;2*-1;+2. The van der Waals surface area contributed by atoms with Crippen molar-refractivity contribution in [2.75, 3.05) is 0 Å². The van der Waals surface area contributed by atoms with Crippen LogP contribution >= 0.6 is 69.8 Å². The van der Waals surface area contributed by atoms with Crippen LogP contribution in [0.4, 0.5) is 0 Å². The maximum absolute atomic E-state index is 10.8. The zero-order valence-electron chi connectivity index (χ0n) is 63.8. The molecule has 2 aliphatic rings. The first-order valence-electron chi connectivity index (χ1n) is 39.1. The largest absolute Gasteiger partial charge is 2.00 e. The van der Waals surface area contributed by atoms with Gasteiger partial charge in [-0.2, -0.15) is 10.3 Å². The molecule has 12 aromatic rings. The van der Waals surface area contributed by atoms with Crippen molar-refractivity contribution in [3.63, 3.8) is 0 Å². The second-order valence-electron chi connectivity index (χ2n) is 28.5. The van der Waals surface area contributed by atoms with Crippen molar-refractivity contribution in [3.8, 4) is 85.4 Å². The molecule has 570 valence electrons. The number of thiocarbonyl (C=S) groups is 2. The molecular weight excluding hydrogens is 1570 g/mol. The Balaban J connectivity index is 0.000000450. The Morgan fingerprint density at radius 2 is 0.604 bits per heavy atom. The maximum Gasteiger partial charge on any atom is 2.00 e. The number of carboxylic acid groups (broad SMARTS) is 2. The summed E-state index contributed by atoms with van der Waals surface area (Å²) in [6.07, 6.45) is 37.6. The second-order valence-corrected chi connectivity index (χ2v) is 33.2. The molecule has 2 aliphatic carbocycles. The molecule has 14 rings (SSSR count). The second kappa shape index (κ2) is 43.5. The number of carbonyl (C=O) groups is 2. The van der Waals surface area contributed by atoms with Crippen LogP contribution < -0.4 is 0 Å². The van der Waals surface area contributed by atoms with Gasteiger partial charge in [0, 0.05) is 75.6 Å². The number of pyridine rings is 4. The van der Waals surface area contributed by atoms with Crippen molar-refractivity contribution < 1.29 is 39.3 Å². The molecule has 0 saturated heterocycles. The number of hydrogen-bond acceptors (Lipinski definition) is 12. The zero-order valence-corrected chi connectivity index (χ0v) is 70.4. The van der Waals surface area contributed by atoms with Crippen LogP contribution in [0.3, 0.4) is 0 Å². The summed E-state index contributed by atoms with van der Waals surface area (Å²) in [5.74, 6) is -1.63. The fourth-order valence-electron chi connectivity index (χ4n) is 15.0. The van der Waals surface area contributed by atoms with Crippen molar-refractivity contribution in [3.05, 3.63) is 271 Å². The molecule has 4 aromatic carbocycles. The molecule has 10 nitrogen and oxygen atoms in total. The third-order valence-electron chi connectivity index (χ3n) is 20.7. The molecule has 2 N–H and O–H groups in total. The van der Waals surface area contributed by atoms with E-state index in [1.807, 2.05) is 57.7 Å². The first-order valence-corrected chi connectivity index (χ1v) is 43.2. The molecular formula is C94H96N6O4RuS6. The van der Waals surface area contributed by atoms with Crippen LogP contribution in [0.15, 0.2) is 195 Å². The maximum atomic E-state index is 10.8. The van der Waals surface area contributed by atoms with Crippen LogP contribution in [0.1, 0.15) is 243 Å².